The Balaban J connectivity index is 0.00000400. The van der Waals surface area contributed by atoms with Crippen LogP contribution in [-0.2, 0) is 14.3 Å². The summed E-state index contributed by atoms with van der Waals surface area (Å²) in [5, 5.41) is 3.17. The van der Waals surface area contributed by atoms with E-state index in [1.165, 1.54) is 7.11 Å². The molecule has 124 valence electrons. The van der Waals surface area contributed by atoms with E-state index < -0.39 is 0 Å². The number of hydrogen-bond donors (Lipinski definition) is 1. The zero-order valence-electron chi connectivity index (χ0n) is 13.3. The van der Waals surface area contributed by atoms with Crippen LogP contribution in [0.3, 0.4) is 0 Å². The summed E-state index contributed by atoms with van der Waals surface area (Å²) in [7, 11) is 5.18. The van der Waals surface area contributed by atoms with Crippen LogP contribution in [0.25, 0.3) is 0 Å². The smallest absolute Gasteiger partial charge is 0.307 e. The van der Waals surface area contributed by atoms with E-state index in [9.17, 15) is 4.79 Å². The van der Waals surface area contributed by atoms with Crippen molar-refractivity contribution in [3.05, 3.63) is 0 Å². The monoisotopic (exact) mass is 413 g/mol. The van der Waals surface area contributed by atoms with Crippen molar-refractivity contribution in [2.75, 3.05) is 47.5 Å². The third kappa shape index (κ3) is 8.45. The molecule has 0 atom stereocenters. The van der Waals surface area contributed by atoms with E-state index in [-0.39, 0.29) is 29.9 Å². The van der Waals surface area contributed by atoms with Crippen molar-refractivity contribution in [3.63, 3.8) is 0 Å². The molecule has 0 aromatic carbocycles. The van der Waals surface area contributed by atoms with Gasteiger partial charge in [-0.1, -0.05) is 0 Å². The van der Waals surface area contributed by atoms with Crippen molar-refractivity contribution in [2.45, 2.75) is 25.7 Å². The summed E-state index contributed by atoms with van der Waals surface area (Å²) >= 11 is 0. The van der Waals surface area contributed by atoms with Gasteiger partial charge in [-0.05, 0) is 25.2 Å². The van der Waals surface area contributed by atoms with Crippen LogP contribution in [0.2, 0.25) is 0 Å². The number of methoxy groups -OCH3 is 1. The van der Waals surface area contributed by atoms with Gasteiger partial charge in [-0.25, -0.2) is 0 Å². The Labute approximate surface area is 144 Å². The molecule has 0 radical (unpaired) electrons. The fourth-order valence-corrected chi connectivity index (χ4v) is 2.28. The first-order valence-corrected chi connectivity index (χ1v) is 7.23. The topological polar surface area (TPSA) is 63.2 Å². The standard InChI is InChI=1S/C14H27N3O3.HI/c1-15-14(16-8-4-13(18)19-3)17(2)9-5-12-6-10-20-11-7-12;/h12H,4-11H2,1-3H3,(H,15,16);1H. The lowest BCUT2D eigenvalue weighted by molar-refractivity contribution is -0.140. The van der Waals surface area contributed by atoms with Crippen LogP contribution in [0.4, 0.5) is 0 Å². The van der Waals surface area contributed by atoms with Gasteiger partial charge in [0.25, 0.3) is 0 Å². The second-order valence-electron chi connectivity index (χ2n) is 5.07. The van der Waals surface area contributed by atoms with Crippen LogP contribution < -0.4 is 5.32 Å². The number of carbonyl (C=O) groups excluding carboxylic acids is 1. The third-order valence-corrected chi connectivity index (χ3v) is 3.63. The highest BCUT2D eigenvalue weighted by molar-refractivity contribution is 14.0. The molecule has 1 rings (SSSR count). The number of ether oxygens (including phenoxy) is 2. The maximum absolute atomic E-state index is 11.1. The lowest BCUT2D eigenvalue weighted by Gasteiger charge is -2.26. The van der Waals surface area contributed by atoms with Gasteiger partial charge in [0.1, 0.15) is 0 Å². The fraction of sp³-hybridized carbons (Fsp3) is 0.857. The molecule has 1 aliphatic rings. The van der Waals surface area contributed by atoms with Gasteiger partial charge in [0.15, 0.2) is 5.96 Å². The van der Waals surface area contributed by atoms with Crippen molar-refractivity contribution < 1.29 is 14.3 Å². The zero-order chi connectivity index (χ0) is 14.8. The molecular formula is C14H28IN3O3. The molecule has 0 spiro atoms. The van der Waals surface area contributed by atoms with Gasteiger partial charge in [0, 0.05) is 40.4 Å². The zero-order valence-corrected chi connectivity index (χ0v) is 15.6. The average molecular weight is 413 g/mol. The molecule has 0 amide bonds. The molecule has 1 heterocycles. The van der Waals surface area contributed by atoms with Gasteiger partial charge in [0.05, 0.1) is 13.5 Å². The van der Waals surface area contributed by atoms with Crippen LogP contribution in [0.1, 0.15) is 25.7 Å². The van der Waals surface area contributed by atoms with Crippen molar-refractivity contribution in [3.8, 4) is 0 Å². The van der Waals surface area contributed by atoms with Gasteiger partial charge in [-0.15, -0.1) is 24.0 Å². The normalized spacial score (nSPS) is 16.0. The molecule has 1 aliphatic heterocycles. The SMILES string of the molecule is CN=C(NCCC(=O)OC)N(C)CCC1CCOCC1.I. The first-order valence-electron chi connectivity index (χ1n) is 7.23. The van der Waals surface area contributed by atoms with Gasteiger partial charge in [-0.2, -0.15) is 0 Å². The van der Waals surface area contributed by atoms with Crippen molar-refractivity contribution >= 4 is 35.9 Å². The second-order valence-corrected chi connectivity index (χ2v) is 5.07. The fourth-order valence-electron chi connectivity index (χ4n) is 2.28. The third-order valence-electron chi connectivity index (χ3n) is 3.63. The summed E-state index contributed by atoms with van der Waals surface area (Å²) in [5.41, 5.74) is 0. The molecule has 6 nitrogen and oxygen atoms in total. The molecule has 21 heavy (non-hydrogen) atoms. The Bertz CT molecular complexity index is 321. The van der Waals surface area contributed by atoms with E-state index in [2.05, 4.69) is 19.9 Å². The minimum Gasteiger partial charge on any atom is -0.469 e. The number of halogens is 1. The van der Waals surface area contributed by atoms with E-state index in [1.807, 2.05) is 7.05 Å². The van der Waals surface area contributed by atoms with Gasteiger partial charge >= 0.3 is 5.97 Å². The summed E-state index contributed by atoms with van der Waals surface area (Å²) < 4.78 is 9.98. The van der Waals surface area contributed by atoms with Gasteiger partial charge < -0.3 is 19.7 Å². The number of nitrogens with one attached hydrogen (secondary N) is 1. The summed E-state index contributed by atoms with van der Waals surface area (Å²) in [5.74, 6) is 1.36. The van der Waals surface area contributed by atoms with E-state index in [0.29, 0.717) is 13.0 Å². The Morgan fingerprint density at radius 2 is 2.10 bits per heavy atom. The van der Waals surface area contributed by atoms with E-state index in [0.717, 1.165) is 50.9 Å². The van der Waals surface area contributed by atoms with E-state index >= 15 is 0 Å². The van der Waals surface area contributed by atoms with Gasteiger partial charge in [0.2, 0.25) is 0 Å². The van der Waals surface area contributed by atoms with Gasteiger partial charge in [-0.3, -0.25) is 9.79 Å². The lowest BCUT2D eigenvalue weighted by Crippen LogP contribution is -2.40. The van der Waals surface area contributed by atoms with E-state index in [1.54, 1.807) is 7.05 Å². The van der Waals surface area contributed by atoms with E-state index in [4.69, 9.17) is 4.74 Å². The molecule has 0 bridgehead atoms. The quantitative estimate of drug-likeness (QED) is 0.310. The summed E-state index contributed by atoms with van der Waals surface area (Å²) in [6, 6.07) is 0. The number of nitrogens with zero attached hydrogens (tertiary/aromatic N) is 2. The Morgan fingerprint density at radius 3 is 2.67 bits per heavy atom. The largest absolute Gasteiger partial charge is 0.469 e. The van der Waals surface area contributed by atoms with Crippen LogP contribution in [-0.4, -0.2) is 64.3 Å². The minimum absolute atomic E-state index is 0. The average Bonchev–Trinajstić information content (AvgIpc) is 2.50. The maximum atomic E-state index is 11.1. The van der Waals surface area contributed by atoms with Crippen molar-refractivity contribution in [1.29, 1.82) is 0 Å². The van der Waals surface area contributed by atoms with Crippen LogP contribution >= 0.6 is 24.0 Å². The summed E-state index contributed by atoms with van der Waals surface area (Å²) in [6.07, 6.45) is 3.81. The number of hydrogen-bond acceptors (Lipinski definition) is 4. The highest BCUT2D eigenvalue weighted by Crippen LogP contribution is 2.18. The van der Waals surface area contributed by atoms with Crippen LogP contribution in [0.5, 0.6) is 0 Å². The number of aliphatic imine (C=N–C) groups is 1. The Hall–Kier alpha value is -0.570. The number of carbonyl (C=O) groups is 1. The molecule has 1 N–H and O–H groups in total. The maximum Gasteiger partial charge on any atom is 0.307 e. The molecule has 1 saturated heterocycles. The molecule has 0 aromatic rings. The molecule has 7 heteroatoms. The van der Waals surface area contributed by atoms with Crippen LogP contribution in [0, 0.1) is 5.92 Å². The van der Waals surface area contributed by atoms with Crippen molar-refractivity contribution in [1.82, 2.24) is 10.2 Å². The van der Waals surface area contributed by atoms with Crippen molar-refractivity contribution in [2.24, 2.45) is 10.9 Å². The highest BCUT2D eigenvalue weighted by atomic mass is 127. The molecule has 0 aromatic heterocycles. The predicted octanol–water partition coefficient (Wildman–Crippen LogP) is 1.49. The molecule has 0 saturated carbocycles. The number of esters is 1. The first-order chi connectivity index (χ1) is 9.67. The molecule has 0 unspecified atom stereocenters. The van der Waals surface area contributed by atoms with Crippen LogP contribution in [0.15, 0.2) is 4.99 Å². The Kier molecular flexibility index (Phi) is 11.7. The molecular weight excluding hydrogens is 385 g/mol. The number of guanidine groups is 1. The molecule has 0 aliphatic carbocycles. The number of rotatable bonds is 6. The minimum atomic E-state index is -0.210. The summed E-state index contributed by atoms with van der Waals surface area (Å²) in [4.78, 5) is 17.4. The summed E-state index contributed by atoms with van der Waals surface area (Å²) in [6.45, 7) is 3.28. The predicted molar refractivity (Wildman–Crippen MR) is 94.2 cm³/mol. The molecule has 1 fully saturated rings. The Morgan fingerprint density at radius 1 is 1.43 bits per heavy atom. The lowest BCUT2D eigenvalue weighted by atomic mass is 9.96. The highest BCUT2D eigenvalue weighted by Gasteiger charge is 2.15. The second kappa shape index (κ2) is 12.0. The first kappa shape index (κ1) is 20.4.